The van der Waals surface area contributed by atoms with Gasteiger partial charge in [-0.2, -0.15) is 0 Å². The van der Waals surface area contributed by atoms with Crippen molar-refractivity contribution in [3.8, 4) is 0 Å². The Morgan fingerprint density at radius 3 is 2.43 bits per heavy atom. The quantitative estimate of drug-likeness (QED) is 0.694. The molecule has 0 atom stereocenters. The Labute approximate surface area is 92.2 Å². The van der Waals surface area contributed by atoms with Crippen molar-refractivity contribution in [3.05, 3.63) is 0 Å². The summed E-state index contributed by atoms with van der Waals surface area (Å²) in [5.41, 5.74) is 5.64. The molecule has 3 nitrogen and oxygen atoms in total. The maximum Gasteiger partial charge on any atom is 0.0759 e. The highest BCUT2D eigenvalue weighted by Crippen LogP contribution is 2.16. The lowest BCUT2D eigenvalue weighted by atomic mass is 9.97. The van der Waals surface area contributed by atoms with Gasteiger partial charge in [0.2, 0.25) is 0 Å². The monoisotopic (exact) mass is 215 g/mol. The van der Waals surface area contributed by atoms with Crippen LogP contribution in [0.25, 0.3) is 0 Å². The normalized spacial score (nSPS) is 20.2. The highest BCUT2D eigenvalue weighted by atomic mass is 32.1. The standard InChI is InChI=1S/C10H21N3S/c1-12(2)7-8-13-5-3-9(4-6-13)10(11)14/h9H,3-8H2,1-2H3,(H2,11,14). The molecule has 0 bridgehead atoms. The Kier molecular flexibility index (Phi) is 4.78. The molecule has 0 aromatic carbocycles. The van der Waals surface area contributed by atoms with E-state index in [1.807, 2.05) is 0 Å². The first kappa shape index (κ1) is 11.9. The summed E-state index contributed by atoms with van der Waals surface area (Å²) in [6, 6.07) is 0. The highest BCUT2D eigenvalue weighted by molar-refractivity contribution is 7.80. The summed E-state index contributed by atoms with van der Waals surface area (Å²) < 4.78 is 0. The van der Waals surface area contributed by atoms with E-state index in [0.717, 1.165) is 39.0 Å². The molecule has 0 radical (unpaired) electrons. The SMILES string of the molecule is CN(C)CCN1CCC(C(N)=S)CC1. The van der Waals surface area contributed by atoms with Gasteiger partial charge in [-0.25, -0.2) is 0 Å². The van der Waals surface area contributed by atoms with Gasteiger partial charge in [-0.3, -0.25) is 0 Å². The Hall–Kier alpha value is -0.190. The van der Waals surface area contributed by atoms with E-state index in [4.69, 9.17) is 18.0 Å². The molecule has 0 aromatic rings. The van der Waals surface area contributed by atoms with Gasteiger partial charge in [0.15, 0.2) is 0 Å². The molecular weight excluding hydrogens is 194 g/mol. The van der Waals surface area contributed by atoms with Crippen molar-refractivity contribution in [1.82, 2.24) is 9.80 Å². The van der Waals surface area contributed by atoms with Gasteiger partial charge in [0.1, 0.15) is 0 Å². The number of hydrogen-bond acceptors (Lipinski definition) is 3. The fourth-order valence-electron chi connectivity index (χ4n) is 1.78. The first-order valence-electron chi connectivity index (χ1n) is 5.26. The minimum Gasteiger partial charge on any atom is -0.393 e. The Morgan fingerprint density at radius 2 is 2.00 bits per heavy atom. The third kappa shape index (κ3) is 3.90. The Balaban J connectivity index is 2.19. The van der Waals surface area contributed by atoms with Crippen LogP contribution in [0.2, 0.25) is 0 Å². The van der Waals surface area contributed by atoms with Gasteiger partial charge in [0, 0.05) is 19.0 Å². The van der Waals surface area contributed by atoms with Crippen molar-refractivity contribution in [3.63, 3.8) is 0 Å². The summed E-state index contributed by atoms with van der Waals surface area (Å²) >= 11 is 5.01. The van der Waals surface area contributed by atoms with Crippen LogP contribution in [0.1, 0.15) is 12.8 Å². The lowest BCUT2D eigenvalue weighted by Crippen LogP contribution is -2.40. The van der Waals surface area contributed by atoms with Gasteiger partial charge in [-0.1, -0.05) is 12.2 Å². The average molecular weight is 215 g/mol. The molecule has 1 aliphatic heterocycles. The van der Waals surface area contributed by atoms with Crippen LogP contribution in [-0.4, -0.2) is 55.1 Å². The second-order valence-corrected chi connectivity index (χ2v) is 4.79. The van der Waals surface area contributed by atoms with Gasteiger partial charge < -0.3 is 15.5 Å². The number of nitrogens with zero attached hydrogens (tertiary/aromatic N) is 2. The van der Waals surface area contributed by atoms with E-state index in [0.29, 0.717) is 10.9 Å². The third-order valence-electron chi connectivity index (χ3n) is 2.85. The number of likely N-dealkylation sites (N-methyl/N-ethyl adjacent to an activating group) is 1. The molecule has 0 spiro atoms. The molecule has 0 unspecified atom stereocenters. The third-order valence-corrected chi connectivity index (χ3v) is 3.19. The average Bonchev–Trinajstić information content (AvgIpc) is 2.15. The minimum absolute atomic E-state index is 0.487. The van der Waals surface area contributed by atoms with E-state index in [-0.39, 0.29) is 0 Å². The number of hydrogen-bond donors (Lipinski definition) is 1. The summed E-state index contributed by atoms with van der Waals surface area (Å²) in [5, 5.41) is 0. The van der Waals surface area contributed by atoms with Crippen molar-refractivity contribution in [2.45, 2.75) is 12.8 Å². The lowest BCUT2D eigenvalue weighted by Gasteiger charge is -2.32. The van der Waals surface area contributed by atoms with Crippen molar-refractivity contribution < 1.29 is 0 Å². The zero-order valence-corrected chi connectivity index (χ0v) is 10.0. The second kappa shape index (κ2) is 5.63. The molecule has 1 saturated heterocycles. The van der Waals surface area contributed by atoms with Crippen LogP contribution < -0.4 is 5.73 Å². The van der Waals surface area contributed by atoms with Crippen LogP contribution in [-0.2, 0) is 0 Å². The zero-order chi connectivity index (χ0) is 10.6. The molecule has 14 heavy (non-hydrogen) atoms. The molecule has 0 saturated carbocycles. The molecule has 1 fully saturated rings. The van der Waals surface area contributed by atoms with Gasteiger partial charge in [-0.15, -0.1) is 0 Å². The first-order chi connectivity index (χ1) is 6.59. The van der Waals surface area contributed by atoms with Crippen molar-refractivity contribution in [1.29, 1.82) is 0 Å². The van der Waals surface area contributed by atoms with Gasteiger partial charge in [0.25, 0.3) is 0 Å². The number of likely N-dealkylation sites (tertiary alicyclic amines) is 1. The fraction of sp³-hybridized carbons (Fsp3) is 0.900. The highest BCUT2D eigenvalue weighted by Gasteiger charge is 2.20. The topological polar surface area (TPSA) is 32.5 Å². The number of nitrogens with two attached hydrogens (primary N) is 1. The largest absolute Gasteiger partial charge is 0.393 e. The van der Waals surface area contributed by atoms with Crippen LogP contribution >= 0.6 is 12.2 Å². The molecule has 1 rings (SSSR count). The number of thiocarbonyl (C=S) groups is 1. The van der Waals surface area contributed by atoms with Gasteiger partial charge in [-0.05, 0) is 40.0 Å². The van der Waals surface area contributed by atoms with Crippen LogP contribution in [0.15, 0.2) is 0 Å². The molecule has 1 heterocycles. The summed E-state index contributed by atoms with van der Waals surface area (Å²) in [6.45, 7) is 4.60. The van der Waals surface area contributed by atoms with Crippen molar-refractivity contribution >= 4 is 17.2 Å². The first-order valence-corrected chi connectivity index (χ1v) is 5.67. The van der Waals surface area contributed by atoms with Gasteiger partial charge in [0.05, 0.1) is 4.99 Å². The maximum atomic E-state index is 5.64. The zero-order valence-electron chi connectivity index (χ0n) is 9.20. The van der Waals surface area contributed by atoms with E-state index >= 15 is 0 Å². The molecule has 2 N–H and O–H groups in total. The van der Waals surface area contributed by atoms with E-state index < -0.39 is 0 Å². The van der Waals surface area contributed by atoms with Gasteiger partial charge >= 0.3 is 0 Å². The van der Waals surface area contributed by atoms with E-state index in [1.54, 1.807) is 0 Å². The predicted octanol–water partition coefficient (Wildman–Crippen LogP) is 0.546. The summed E-state index contributed by atoms with van der Waals surface area (Å²) in [4.78, 5) is 5.42. The smallest absolute Gasteiger partial charge is 0.0759 e. The minimum atomic E-state index is 0.487. The Morgan fingerprint density at radius 1 is 1.43 bits per heavy atom. The van der Waals surface area contributed by atoms with Crippen LogP contribution in [0, 0.1) is 5.92 Å². The molecule has 4 heteroatoms. The fourth-order valence-corrected chi connectivity index (χ4v) is 2.02. The van der Waals surface area contributed by atoms with Crippen LogP contribution in [0.3, 0.4) is 0 Å². The Bertz CT molecular complexity index is 186. The number of rotatable bonds is 4. The molecular formula is C10H21N3S. The van der Waals surface area contributed by atoms with Crippen molar-refractivity contribution in [2.24, 2.45) is 11.7 Å². The summed E-state index contributed by atoms with van der Waals surface area (Å²) in [5.74, 6) is 0.487. The molecule has 0 aliphatic carbocycles. The molecule has 82 valence electrons. The molecule has 1 aliphatic rings. The van der Waals surface area contributed by atoms with Crippen LogP contribution in [0.5, 0.6) is 0 Å². The second-order valence-electron chi connectivity index (χ2n) is 4.32. The maximum absolute atomic E-state index is 5.64. The summed E-state index contributed by atoms with van der Waals surface area (Å²) in [7, 11) is 4.23. The molecule has 0 aromatic heterocycles. The van der Waals surface area contributed by atoms with E-state index in [1.165, 1.54) is 0 Å². The van der Waals surface area contributed by atoms with Crippen LogP contribution in [0.4, 0.5) is 0 Å². The predicted molar refractivity (Wildman–Crippen MR) is 64.5 cm³/mol. The van der Waals surface area contributed by atoms with E-state index in [2.05, 4.69) is 23.9 Å². The lowest BCUT2D eigenvalue weighted by molar-refractivity contribution is 0.192. The molecule has 0 amide bonds. The number of piperidine rings is 1. The van der Waals surface area contributed by atoms with E-state index in [9.17, 15) is 0 Å². The summed E-state index contributed by atoms with van der Waals surface area (Å²) in [6.07, 6.45) is 2.28. The van der Waals surface area contributed by atoms with Crippen molar-refractivity contribution in [2.75, 3.05) is 40.3 Å².